The van der Waals surface area contributed by atoms with Gasteiger partial charge in [0.25, 0.3) is 11.1 Å². The van der Waals surface area contributed by atoms with E-state index in [1.54, 1.807) is 23.0 Å². The van der Waals surface area contributed by atoms with Crippen LogP contribution in [0.5, 0.6) is 0 Å². The number of para-hydroxylation sites is 4. The van der Waals surface area contributed by atoms with Crippen molar-refractivity contribution in [1.29, 1.82) is 0 Å². The third-order valence-electron chi connectivity index (χ3n) is 4.66. The van der Waals surface area contributed by atoms with E-state index in [1.807, 2.05) is 62.4 Å². The largest absolute Gasteiger partial charge is 0.305 e. The lowest BCUT2D eigenvalue weighted by molar-refractivity contribution is 0.744. The van der Waals surface area contributed by atoms with Crippen LogP contribution in [0.3, 0.4) is 0 Å². The van der Waals surface area contributed by atoms with Gasteiger partial charge < -0.3 is 9.13 Å². The summed E-state index contributed by atoms with van der Waals surface area (Å²) in [6.07, 6.45) is 0. The molecule has 0 aliphatic carbocycles. The second-order valence-electron chi connectivity index (χ2n) is 6.47. The van der Waals surface area contributed by atoms with Crippen LogP contribution in [0, 0.1) is 13.8 Å². The van der Waals surface area contributed by atoms with Crippen molar-refractivity contribution in [2.45, 2.75) is 40.8 Å². The molecule has 0 aliphatic heterocycles. The van der Waals surface area contributed by atoms with E-state index in [0.717, 1.165) is 22.1 Å². The SMILES string of the molecule is CCn1c(=O)c(C)nc2ccccc21.CCn1c(=O)c(C)nc2ccccc21. The minimum Gasteiger partial charge on any atom is -0.305 e. The van der Waals surface area contributed by atoms with E-state index in [0.29, 0.717) is 24.5 Å². The molecule has 6 nitrogen and oxygen atoms in total. The van der Waals surface area contributed by atoms with Gasteiger partial charge in [-0.05, 0) is 52.0 Å². The van der Waals surface area contributed by atoms with E-state index in [9.17, 15) is 9.59 Å². The smallest absolute Gasteiger partial charge is 0.272 e. The fraction of sp³-hybridized carbons (Fsp3) is 0.273. The molecule has 2 heterocycles. The van der Waals surface area contributed by atoms with Gasteiger partial charge in [-0.1, -0.05) is 24.3 Å². The summed E-state index contributed by atoms with van der Waals surface area (Å²) in [7, 11) is 0. The monoisotopic (exact) mass is 376 g/mol. The van der Waals surface area contributed by atoms with Crippen LogP contribution in [-0.4, -0.2) is 19.1 Å². The highest BCUT2D eigenvalue weighted by atomic mass is 16.1. The van der Waals surface area contributed by atoms with Crippen molar-refractivity contribution < 1.29 is 0 Å². The molecule has 0 fully saturated rings. The van der Waals surface area contributed by atoms with Gasteiger partial charge in [0.15, 0.2) is 0 Å². The zero-order chi connectivity index (χ0) is 20.3. The van der Waals surface area contributed by atoms with Gasteiger partial charge in [0.05, 0.1) is 22.1 Å². The quantitative estimate of drug-likeness (QED) is 0.537. The molecule has 0 radical (unpaired) electrons. The minimum absolute atomic E-state index is 0.00574. The first kappa shape index (κ1) is 19.5. The Hall–Kier alpha value is -3.28. The number of hydrogen-bond acceptors (Lipinski definition) is 4. The maximum atomic E-state index is 11.7. The second kappa shape index (κ2) is 8.17. The highest BCUT2D eigenvalue weighted by Crippen LogP contribution is 2.10. The second-order valence-corrected chi connectivity index (χ2v) is 6.47. The Morgan fingerprint density at radius 3 is 1.39 bits per heavy atom. The molecule has 4 aromatic rings. The first-order valence-electron chi connectivity index (χ1n) is 9.40. The lowest BCUT2D eigenvalue weighted by Gasteiger charge is -2.07. The first-order valence-corrected chi connectivity index (χ1v) is 9.40. The molecule has 0 unspecified atom stereocenters. The number of hydrogen-bond donors (Lipinski definition) is 0. The van der Waals surface area contributed by atoms with Crippen LogP contribution in [-0.2, 0) is 13.1 Å². The molecule has 0 saturated heterocycles. The number of aromatic nitrogens is 4. The van der Waals surface area contributed by atoms with Crippen LogP contribution in [0.1, 0.15) is 25.2 Å². The molecule has 0 saturated carbocycles. The Labute approximate surface area is 163 Å². The van der Waals surface area contributed by atoms with E-state index in [4.69, 9.17) is 0 Å². The average Bonchev–Trinajstić information content (AvgIpc) is 2.70. The van der Waals surface area contributed by atoms with Crippen LogP contribution in [0.15, 0.2) is 58.1 Å². The van der Waals surface area contributed by atoms with Crippen LogP contribution in [0.25, 0.3) is 22.1 Å². The summed E-state index contributed by atoms with van der Waals surface area (Å²) in [6.45, 7) is 8.80. The lowest BCUT2D eigenvalue weighted by atomic mass is 10.3. The molecule has 0 spiro atoms. The van der Waals surface area contributed by atoms with E-state index in [1.165, 1.54) is 0 Å². The fourth-order valence-electron chi connectivity index (χ4n) is 3.27. The van der Waals surface area contributed by atoms with Gasteiger partial charge in [0.2, 0.25) is 0 Å². The Balaban J connectivity index is 0.000000161. The molecule has 28 heavy (non-hydrogen) atoms. The van der Waals surface area contributed by atoms with Crippen molar-refractivity contribution in [3.63, 3.8) is 0 Å². The Kier molecular flexibility index (Phi) is 5.68. The van der Waals surface area contributed by atoms with E-state index >= 15 is 0 Å². The molecular formula is C22H24N4O2. The summed E-state index contributed by atoms with van der Waals surface area (Å²) in [5.41, 5.74) is 4.71. The Morgan fingerprint density at radius 2 is 1.04 bits per heavy atom. The number of nitrogens with zero attached hydrogens (tertiary/aromatic N) is 4. The number of rotatable bonds is 2. The van der Waals surface area contributed by atoms with Gasteiger partial charge in [-0.25, -0.2) is 9.97 Å². The summed E-state index contributed by atoms with van der Waals surface area (Å²) in [5.74, 6) is 0. The maximum absolute atomic E-state index is 11.7. The normalized spacial score (nSPS) is 10.7. The lowest BCUT2D eigenvalue weighted by Crippen LogP contribution is -2.23. The highest BCUT2D eigenvalue weighted by molar-refractivity contribution is 5.75. The van der Waals surface area contributed by atoms with Crippen molar-refractivity contribution in [2.24, 2.45) is 0 Å². The summed E-state index contributed by atoms with van der Waals surface area (Å²) in [4.78, 5) is 31.9. The molecule has 0 atom stereocenters. The van der Waals surface area contributed by atoms with Crippen LogP contribution in [0.2, 0.25) is 0 Å². The van der Waals surface area contributed by atoms with Gasteiger partial charge in [-0.15, -0.1) is 0 Å². The average molecular weight is 376 g/mol. The van der Waals surface area contributed by atoms with Crippen molar-refractivity contribution in [1.82, 2.24) is 19.1 Å². The summed E-state index contributed by atoms with van der Waals surface area (Å²) in [5, 5.41) is 0. The van der Waals surface area contributed by atoms with Gasteiger partial charge >= 0.3 is 0 Å². The van der Waals surface area contributed by atoms with Crippen LogP contribution in [0.4, 0.5) is 0 Å². The molecule has 0 N–H and O–H groups in total. The van der Waals surface area contributed by atoms with Gasteiger partial charge in [0.1, 0.15) is 11.4 Å². The Bertz CT molecular complexity index is 1160. The molecule has 0 amide bonds. The summed E-state index contributed by atoms with van der Waals surface area (Å²) in [6, 6.07) is 15.4. The van der Waals surface area contributed by atoms with Crippen LogP contribution < -0.4 is 11.1 Å². The van der Waals surface area contributed by atoms with Crippen LogP contribution >= 0.6 is 0 Å². The molecule has 0 aliphatic rings. The predicted molar refractivity (Wildman–Crippen MR) is 113 cm³/mol. The van der Waals surface area contributed by atoms with Gasteiger partial charge in [-0.3, -0.25) is 9.59 Å². The molecule has 4 rings (SSSR count). The zero-order valence-corrected chi connectivity index (χ0v) is 16.6. The molecule has 0 bridgehead atoms. The van der Waals surface area contributed by atoms with Gasteiger partial charge in [0, 0.05) is 13.1 Å². The summed E-state index contributed by atoms with van der Waals surface area (Å²) < 4.78 is 3.50. The molecule has 2 aromatic heterocycles. The van der Waals surface area contributed by atoms with E-state index in [-0.39, 0.29) is 11.1 Å². The van der Waals surface area contributed by atoms with Gasteiger partial charge in [-0.2, -0.15) is 0 Å². The third kappa shape index (κ3) is 3.58. The van der Waals surface area contributed by atoms with Crippen molar-refractivity contribution >= 4 is 22.1 Å². The van der Waals surface area contributed by atoms with Crippen molar-refractivity contribution in [3.05, 3.63) is 80.6 Å². The van der Waals surface area contributed by atoms with E-state index in [2.05, 4.69) is 9.97 Å². The molecule has 6 heteroatoms. The zero-order valence-electron chi connectivity index (χ0n) is 16.6. The maximum Gasteiger partial charge on any atom is 0.272 e. The standard InChI is InChI=1S/2C11H12N2O/c2*1-3-13-10-7-5-4-6-9(10)12-8(2)11(13)14/h2*4-7H,3H2,1-2H3. The molecule has 2 aromatic carbocycles. The topological polar surface area (TPSA) is 69.8 Å². The van der Waals surface area contributed by atoms with E-state index < -0.39 is 0 Å². The molecular weight excluding hydrogens is 352 g/mol. The summed E-state index contributed by atoms with van der Waals surface area (Å²) >= 11 is 0. The van der Waals surface area contributed by atoms with Crippen molar-refractivity contribution in [2.75, 3.05) is 0 Å². The Morgan fingerprint density at radius 1 is 0.679 bits per heavy atom. The third-order valence-corrected chi connectivity index (χ3v) is 4.66. The molecule has 144 valence electrons. The number of benzene rings is 2. The fourth-order valence-corrected chi connectivity index (χ4v) is 3.27. The minimum atomic E-state index is 0.00574. The van der Waals surface area contributed by atoms with Crippen molar-refractivity contribution in [3.8, 4) is 0 Å². The first-order chi connectivity index (χ1) is 13.5. The number of aryl methyl sites for hydroxylation is 4. The predicted octanol–water partition coefficient (Wildman–Crippen LogP) is 3.45. The number of fused-ring (bicyclic) bond motifs is 2. The highest BCUT2D eigenvalue weighted by Gasteiger charge is 2.05.